The topological polar surface area (TPSA) is 59.9 Å². The lowest BCUT2D eigenvalue weighted by Gasteiger charge is -2.19. The average molecular weight is 388 g/mol. The molecule has 0 atom stereocenters. The van der Waals surface area contributed by atoms with Crippen LogP contribution in [0.3, 0.4) is 0 Å². The van der Waals surface area contributed by atoms with Gasteiger partial charge in [-0.25, -0.2) is 4.74 Å². The molecule has 0 N–H and O–H groups in total. The molecule has 3 rings (SSSR count). The number of allylic oxidation sites excluding steroid dienone is 1. The second-order valence-corrected chi connectivity index (χ2v) is 9.45. The molecule has 5 heteroatoms. The molecular weight excluding hydrogens is 373 g/mol. The number of rotatable bonds is 4. The Kier molecular flexibility index (Phi) is 5.90. The third-order valence-corrected chi connectivity index (χ3v) is 7.78. The van der Waals surface area contributed by atoms with Crippen LogP contribution in [-0.4, -0.2) is 0 Å². The van der Waals surface area contributed by atoms with Gasteiger partial charge in [0.25, 0.3) is 0 Å². The molecule has 3 aromatic rings. The highest BCUT2D eigenvalue weighted by molar-refractivity contribution is 8.02. The summed E-state index contributed by atoms with van der Waals surface area (Å²) in [4.78, 5) is 0. The number of benzene rings is 3. The lowest BCUT2D eigenvalue weighted by molar-refractivity contribution is 1.43. The van der Waals surface area contributed by atoms with Gasteiger partial charge in [-0.05, 0) is 0 Å². The van der Waals surface area contributed by atoms with E-state index in [0.29, 0.717) is 11.3 Å². The molecule has 0 unspecified atom stereocenters. The lowest BCUT2D eigenvalue weighted by atomic mass is 10.1. The number of hydrogen-bond acceptors (Lipinski definition) is 3. The van der Waals surface area contributed by atoms with Crippen LogP contribution in [0.1, 0.15) is 5.56 Å². The first-order valence-electron chi connectivity index (χ1n) is 8.22. The van der Waals surface area contributed by atoms with Gasteiger partial charge in [0, 0.05) is 16.2 Å². The smallest absolute Gasteiger partial charge is 0.155 e. The van der Waals surface area contributed by atoms with E-state index >= 15 is 0 Å². The van der Waals surface area contributed by atoms with Gasteiger partial charge in [-0.2, -0.15) is 10.5 Å². The first-order chi connectivity index (χ1) is 13.2. The van der Waals surface area contributed by atoms with Gasteiger partial charge < -0.3 is 0 Å². The summed E-state index contributed by atoms with van der Waals surface area (Å²) in [5.74, 6) is 0. The fraction of sp³-hybridized carbons (Fsp3) is 0. The molecule has 0 fully saturated rings. The number of nitrogens with zero attached hydrogens (tertiary/aromatic N) is 3. The summed E-state index contributed by atoms with van der Waals surface area (Å²) < 4.78 is 4.87. The van der Waals surface area contributed by atoms with Crippen molar-refractivity contribution in [2.24, 2.45) is 4.74 Å². The SMILES string of the molecule is N#CC(C#N)=C(N=P(Cl)(c1ccccc1)c1ccccc1)c1ccccc1. The molecule has 130 valence electrons. The maximum absolute atomic E-state index is 9.47. The van der Waals surface area contributed by atoms with Crippen molar-refractivity contribution in [1.82, 2.24) is 0 Å². The minimum atomic E-state index is -2.74. The van der Waals surface area contributed by atoms with Gasteiger partial charge in [0.05, 0.1) is 5.70 Å². The quantitative estimate of drug-likeness (QED) is 0.441. The molecular formula is C22H15ClN3P. The zero-order chi connectivity index (χ0) is 19.1. The van der Waals surface area contributed by atoms with Crippen molar-refractivity contribution in [3.63, 3.8) is 0 Å². The van der Waals surface area contributed by atoms with E-state index < -0.39 is 6.41 Å². The van der Waals surface area contributed by atoms with Crippen LogP contribution in [0.4, 0.5) is 0 Å². The van der Waals surface area contributed by atoms with Crippen molar-refractivity contribution in [2.45, 2.75) is 0 Å². The largest absolute Gasteiger partial charge is 0.240 e. The second kappa shape index (κ2) is 8.52. The normalized spacial score (nSPS) is 10.3. The summed E-state index contributed by atoms with van der Waals surface area (Å²) in [5.41, 5.74) is 0.946. The Morgan fingerprint density at radius 2 is 1.11 bits per heavy atom. The van der Waals surface area contributed by atoms with E-state index in [2.05, 4.69) is 0 Å². The van der Waals surface area contributed by atoms with Crippen molar-refractivity contribution in [3.05, 3.63) is 102 Å². The third kappa shape index (κ3) is 4.02. The Balaban J connectivity index is 2.38. The van der Waals surface area contributed by atoms with E-state index in [1.165, 1.54) is 0 Å². The molecule has 0 spiro atoms. The van der Waals surface area contributed by atoms with E-state index in [0.717, 1.165) is 10.6 Å². The van der Waals surface area contributed by atoms with Gasteiger partial charge >= 0.3 is 0 Å². The first kappa shape index (κ1) is 18.7. The standard InChI is InChI=1S/C22H15ClN3P/c23-27(20-12-6-2-7-13-20,21-14-8-3-9-15-21)26-22(19(16-24)17-25)18-10-4-1-5-11-18/h1-15H. The molecule has 27 heavy (non-hydrogen) atoms. The molecule has 0 amide bonds. The summed E-state index contributed by atoms with van der Waals surface area (Å²) in [5, 5.41) is 20.7. The van der Waals surface area contributed by atoms with Crippen molar-refractivity contribution >= 4 is 34.0 Å². The highest BCUT2D eigenvalue weighted by atomic mass is 35.7. The molecule has 0 aromatic heterocycles. The summed E-state index contributed by atoms with van der Waals surface area (Å²) >= 11 is 7.18. The number of halogens is 1. The van der Waals surface area contributed by atoms with Crippen LogP contribution in [0.25, 0.3) is 5.70 Å². The van der Waals surface area contributed by atoms with Crippen LogP contribution >= 0.6 is 17.6 Å². The van der Waals surface area contributed by atoms with Gasteiger partial charge in [0.1, 0.15) is 18.5 Å². The minimum absolute atomic E-state index is 0.0573. The van der Waals surface area contributed by atoms with Crippen molar-refractivity contribution in [1.29, 1.82) is 10.5 Å². The maximum atomic E-state index is 9.47. The molecule has 0 aliphatic carbocycles. The van der Waals surface area contributed by atoms with Gasteiger partial charge in [-0.15, -0.1) is 0 Å². The molecule has 0 heterocycles. The van der Waals surface area contributed by atoms with Gasteiger partial charge in [0.2, 0.25) is 0 Å². The zero-order valence-corrected chi connectivity index (χ0v) is 16.0. The number of hydrogen-bond donors (Lipinski definition) is 0. The molecule has 0 aliphatic rings. The minimum Gasteiger partial charge on any atom is -0.240 e. The Labute approximate surface area is 163 Å². The van der Waals surface area contributed by atoms with Crippen molar-refractivity contribution in [2.75, 3.05) is 0 Å². The second-order valence-electron chi connectivity index (χ2n) is 5.64. The van der Waals surface area contributed by atoms with Crippen LogP contribution in [0.15, 0.2) is 101 Å². The number of nitriles is 2. The molecule has 0 saturated carbocycles. The molecule has 3 aromatic carbocycles. The van der Waals surface area contributed by atoms with E-state index in [-0.39, 0.29) is 5.57 Å². The first-order valence-corrected chi connectivity index (χ1v) is 10.9. The Hall–Kier alpha value is -3.10. The Morgan fingerprint density at radius 1 is 0.704 bits per heavy atom. The summed E-state index contributed by atoms with van der Waals surface area (Å²) in [7, 11) is 0. The van der Waals surface area contributed by atoms with Crippen molar-refractivity contribution in [3.8, 4) is 12.1 Å². The van der Waals surface area contributed by atoms with E-state index in [4.69, 9.17) is 16.0 Å². The molecule has 0 radical (unpaired) electrons. The molecule has 3 nitrogen and oxygen atoms in total. The van der Waals surface area contributed by atoms with E-state index in [1.54, 1.807) is 0 Å². The van der Waals surface area contributed by atoms with Crippen LogP contribution in [0.5, 0.6) is 0 Å². The van der Waals surface area contributed by atoms with Gasteiger partial charge in [-0.1, -0.05) is 102 Å². The highest BCUT2D eigenvalue weighted by Gasteiger charge is 2.24. The fourth-order valence-electron chi connectivity index (χ4n) is 2.63. The summed E-state index contributed by atoms with van der Waals surface area (Å²) in [6.45, 7) is 0. The predicted molar refractivity (Wildman–Crippen MR) is 112 cm³/mol. The third-order valence-electron chi connectivity index (χ3n) is 3.94. The van der Waals surface area contributed by atoms with Gasteiger partial charge in [0.15, 0.2) is 5.57 Å². The highest BCUT2D eigenvalue weighted by Crippen LogP contribution is 2.55. The Morgan fingerprint density at radius 3 is 1.52 bits per heavy atom. The van der Waals surface area contributed by atoms with Crippen LogP contribution < -0.4 is 10.6 Å². The molecule has 0 saturated heterocycles. The predicted octanol–water partition coefficient (Wildman–Crippen LogP) is 5.45. The fourth-order valence-corrected chi connectivity index (χ4v) is 5.69. The summed E-state index contributed by atoms with van der Waals surface area (Å²) in [6, 6.07) is 32.3. The Bertz CT molecular complexity index is 1030. The van der Waals surface area contributed by atoms with Crippen LogP contribution in [0.2, 0.25) is 0 Å². The molecule has 0 bridgehead atoms. The average Bonchev–Trinajstić information content (AvgIpc) is 2.75. The maximum Gasteiger partial charge on any atom is 0.155 e. The lowest BCUT2D eigenvalue weighted by Crippen LogP contribution is -2.12. The van der Waals surface area contributed by atoms with Crippen molar-refractivity contribution < 1.29 is 0 Å². The zero-order valence-electron chi connectivity index (χ0n) is 14.3. The van der Waals surface area contributed by atoms with E-state index in [1.807, 2.05) is 103 Å². The van der Waals surface area contributed by atoms with Crippen LogP contribution in [0, 0.1) is 22.7 Å². The summed E-state index contributed by atoms with van der Waals surface area (Å²) in [6.07, 6.45) is -2.74. The van der Waals surface area contributed by atoms with Gasteiger partial charge in [-0.3, -0.25) is 0 Å². The van der Waals surface area contributed by atoms with Crippen LogP contribution in [-0.2, 0) is 0 Å². The monoisotopic (exact) mass is 387 g/mol. The van der Waals surface area contributed by atoms with E-state index in [9.17, 15) is 10.5 Å². The molecule has 0 aliphatic heterocycles.